The molecule has 0 radical (unpaired) electrons. The second-order valence-corrected chi connectivity index (χ2v) is 3.32. The van der Waals surface area contributed by atoms with Gasteiger partial charge in [-0.25, -0.2) is 0 Å². The van der Waals surface area contributed by atoms with Gasteiger partial charge in [0.05, 0.1) is 6.20 Å². The number of amides is 1. The van der Waals surface area contributed by atoms with Crippen LogP contribution in [0.2, 0.25) is 0 Å². The lowest BCUT2D eigenvalue weighted by molar-refractivity contribution is -0.137. The highest BCUT2D eigenvalue weighted by molar-refractivity contribution is 5.98. The van der Waals surface area contributed by atoms with E-state index < -0.39 is 5.97 Å². The Balaban J connectivity index is 2.41. The number of hydrogen-bond acceptors (Lipinski definition) is 4. The summed E-state index contributed by atoms with van der Waals surface area (Å²) in [5.41, 5.74) is 5.91. The number of anilines is 1. The predicted molar refractivity (Wildman–Crippen MR) is 56.8 cm³/mol. The Labute approximate surface area is 92.2 Å². The van der Waals surface area contributed by atoms with Crippen LogP contribution in [0, 0.1) is 0 Å². The Morgan fingerprint density at radius 1 is 1.62 bits per heavy atom. The predicted octanol–water partition coefficient (Wildman–Crippen LogP) is -0.403. The molecular formula is C9H14N4O3. The molecule has 1 aromatic heterocycles. The number of nitrogens with two attached hydrogens (primary N) is 1. The smallest absolute Gasteiger partial charge is 0.303 e. The van der Waals surface area contributed by atoms with Gasteiger partial charge in [0, 0.05) is 20.0 Å². The first kappa shape index (κ1) is 12.0. The highest BCUT2D eigenvalue weighted by Crippen LogP contribution is 2.08. The molecule has 0 aromatic carbocycles. The maximum atomic E-state index is 11.5. The fourth-order valence-corrected chi connectivity index (χ4v) is 1.16. The minimum Gasteiger partial charge on any atom is -0.481 e. The summed E-state index contributed by atoms with van der Waals surface area (Å²) in [6.45, 7) is 0.305. The van der Waals surface area contributed by atoms with Gasteiger partial charge < -0.3 is 16.2 Å². The molecule has 0 saturated heterocycles. The number of aliphatic carboxylic acids is 1. The van der Waals surface area contributed by atoms with E-state index in [9.17, 15) is 9.59 Å². The van der Waals surface area contributed by atoms with Gasteiger partial charge in [0.15, 0.2) is 0 Å². The Bertz CT molecular complexity index is 399. The molecule has 0 aliphatic heterocycles. The SMILES string of the molecule is Cn1ncc(C(=O)NCCCC(=O)O)c1N. The van der Waals surface area contributed by atoms with Gasteiger partial charge >= 0.3 is 5.97 Å². The molecule has 0 fully saturated rings. The van der Waals surface area contributed by atoms with Crippen LogP contribution < -0.4 is 11.1 Å². The highest BCUT2D eigenvalue weighted by Gasteiger charge is 2.12. The average molecular weight is 226 g/mol. The van der Waals surface area contributed by atoms with Gasteiger partial charge in [-0.1, -0.05) is 0 Å². The van der Waals surface area contributed by atoms with Gasteiger partial charge in [0.25, 0.3) is 5.91 Å². The molecule has 0 saturated carbocycles. The molecule has 0 aliphatic rings. The van der Waals surface area contributed by atoms with Crippen LogP contribution >= 0.6 is 0 Å². The minimum absolute atomic E-state index is 0.0306. The zero-order valence-electron chi connectivity index (χ0n) is 8.93. The zero-order chi connectivity index (χ0) is 12.1. The molecule has 0 unspecified atom stereocenters. The van der Waals surface area contributed by atoms with Crippen LogP contribution in [0.15, 0.2) is 6.20 Å². The van der Waals surface area contributed by atoms with Crippen LogP contribution in [0.25, 0.3) is 0 Å². The zero-order valence-corrected chi connectivity index (χ0v) is 8.93. The van der Waals surface area contributed by atoms with Crippen molar-refractivity contribution >= 4 is 17.7 Å². The number of hydrogen-bond donors (Lipinski definition) is 3. The quantitative estimate of drug-likeness (QED) is 0.591. The van der Waals surface area contributed by atoms with Gasteiger partial charge in [-0.3, -0.25) is 14.3 Å². The van der Waals surface area contributed by atoms with Crippen molar-refractivity contribution < 1.29 is 14.7 Å². The molecule has 0 atom stereocenters. The first-order valence-corrected chi connectivity index (χ1v) is 4.80. The molecule has 88 valence electrons. The van der Waals surface area contributed by atoms with Gasteiger partial charge in [-0.05, 0) is 6.42 Å². The van der Waals surface area contributed by atoms with Crippen molar-refractivity contribution in [3.05, 3.63) is 11.8 Å². The molecule has 4 N–H and O–H groups in total. The Morgan fingerprint density at radius 3 is 2.81 bits per heavy atom. The number of carboxylic acids is 1. The third-order valence-electron chi connectivity index (χ3n) is 2.08. The van der Waals surface area contributed by atoms with Crippen LogP contribution in [-0.4, -0.2) is 33.3 Å². The third-order valence-corrected chi connectivity index (χ3v) is 2.08. The van der Waals surface area contributed by atoms with Gasteiger partial charge in [-0.15, -0.1) is 0 Å². The molecule has 1 heterocycles. The average Bonchev–Trinajstić information content (AvgIpc) is 2.54. The second-order valence-electron chi connectivity index (χ2n) is 3.32. The van der Waals surface area contributed by atoms with E-state index in [1.165, 1.54) is 10.9 Å². The van der Waals surface area contributed by atoms with Crippen molar-refractivity contribution in [2.45, 2.75) is 12.8 Å². The third kappa shape index (κ3) is 2.97. The normalized spacial score (nSPS) is 10.1. The van der Waals surface area contributed by atoms with E-state index in [-0.39, 0.29) is 18.1 Å². The Kier molecular flexibility index (Phi) is 3.87. The van der Waals surface area contributed by atoms with Crippen molar-refractivity contribution in [1.29, 1.82) is 0 Å². The number of carboxylic acid groups (broad SMARTS) is 1. The molecule has 16 heavy (non-hydrogen) atoms. The van der Waals surface area contributed by atoms with Crippen molar-refractivity contribution in [3.8, 4) is 0 Å². The van der Waals surface area contributed by atoms with E-state index in [0.717, 1.165) is 0 Å². The highest BCUT2D eigenvalue weighted by atomic mass is 16.4. The lowest BCUT2D eigenvalue weighted by Gasteiger charge is -2.03. The molecule has 0 aliphatic carbocycles. The number of nitrogens with zero attached hydrogens (tertiary/aromatic N) is 2. The summed E-state index contributed by atoms with van der Waals surface area (Å²) in [5, 5.41) is 14.8. The number of nitrogen functional groups attached to an aromatic ring is 1. The van der Waals surface area contributed by atoms with Crippen LogP contribution in [0.5, 0.6) is 0 Å². The van der Waals surface area contributed by atoms with Crippen LogP contribution in [0.4, 0.5) is 5.82 Å². The molecule has 1 rings (SSSR count). The van der Waals surface area contributed by atoms with E-state index in [1.807, 2.05) is 0 Å². The number of carbonyl (C=O) groups excluding carboxylic acids is 1. The lowest BCUT2D eigenvalue weighted by atomic mass is 10.3. The van der Waals surface area contributed by atoms with E-state index in [4.69, 9.17) is 10.8 Å². The summed E-state index contributed by atoms with van der Waals surface area (Å²) in [6.07, 6.45) is 1.80. The summed E-state index contributed by atoms with van der Waals surface area (Å²) in [7, 11) is 1.64. The fourth-order valence-electron chi connectivity index (χ4n) is 1.16. The molecule has 0 spiro atoms. The van der Waals surface area contributed by atoms with Gasteiger partial charge in [0.2, 0.25) is 0 Å². The van der Waals surface area contributed by atoms with Crippen LogP contribution in [0.3, 0.4) is 0 Å². The molecule has 7 nitrogen and oxygen atoms in total. The summed E-state index contributed by atoms with van der Waals surface area (Å²) in [4.78, 5) is 21.8. The monoisotopic (exact) mass is 226 g/mol. The standard InChI is InChI=1S/C9H14N4O3/c1-13-8(10)6(5-12-13)9(16)11-4-2-3-7(14)15/h5H,2-4,10H2,1H3,(H,11,16)(H,14,15). The van der Waals surface area contributed by atoms with Crippen molar-refractivity contribution in [2.75, 3.05) is 12.3 Å². The van der Waals surface area contributed by atoms with E-state index in [0.29, 0.717) is 18.5 Å². The summed E-state index contributed by atoms with van der Waals surface area (Å²) in [5.74, 6) is -0.929. The van der Waals surface area contributed by atoms with Crippen molar-refractivity contribution in [3.63, 3.8) is 0 Å². The van der Waals surface area contributed by atoms with Gasteiger partial charge in [0.1, 0.15) is 11.4 Å². The largest absolute Gasteiger partial charge is 0.481 e. The molecule has 7 heteroatoms. The Hall–Kier alpha value is -2.05. The number of nitrogens with one attached hydrogen (secondary N) is 1. The Morgan fingerprint density at radius 2 is 2.31 bits per heavy atom. The summed E-state index contributed by atoms with van der Waals surface area (Å²) < 4.78 is 1.40. The van der Waals surface area contributed by atoms with Crippen molar-refractivity contribution in [1.82, 2.24) is 15.1 Å². The lowest BCUT2D eigenvalue weighted by Crippen LogP contribution is -2.25. The van der Waals surface area contributed by atoms with Crippen molar-refractivity contribution in [2.24, 2.45) is 7.05 Å². The maximum absolute atomic E-state index is 11.5. The second kappa shape index (κ2) is 5.15. The number of rotatable bonds is 5. The topological polar surface area (TPSA) is 110 Å². The molecule has 1 aromatic rings. The number of carbonyl (C=O) groups is 2. The van der Waals surface area contributed by atoms with E-state index in [2.05, 4.69) is 10.4 Å². The first-order valence-electron chi connectivity index (χ1n) is 4.80. The number of aromatic nitrogens is 2. The molecule has 1 amide bonds. The van der Waals surface area contributed by atoms with Gasteiger partial charge in [-0.2, -0.15) is 5.10 Å². The van der Waals surface area contributed by atoms with Crippen LogP contribution in [-0.2, 0) is 11.8 Å². The first-order chi connectivity index (χ1) is 7.52. The van der Waals surface area contributed by atoms with E-state index in [1.54, 1.807) is 7.05 Å². The fraction of sp³-hybridized carbons (Fsp3) is 0.444. The maximum Gasteiger partial charge on any atom is 0.303 e. The van der Waals surface area contributed by atoms with E-state index >= 15 is 0 Å². The van der Waals surface area contributed by atoms with Crippen LogP contribution in [0.1, 0.15) is 23.2 Å². The molecule has 0 bridgehead atoms. The minimum atomic E-state index is -0.879. The number of aryl methyl sites for hydroxylation is 1. The molecular weight excluding hydrogens is 212 g/mol. The summed E-state index contributed by atoms with van der Waals surface area (Å²) in [6, 6.07) is 0. The summed E-state index contributed by atoms with van der Waals surface area (Å²) >= 11 is 0.